The van der Waals surface area contributed by atoms with Crippen molar-refractivity contribution in [3.63, 3.8) is 0 Å². The van der Waals surface area contributed by atoms with E-state index in [0.717, 1.165) is 15.6 Å². The molecule has 6 heteroatoms. The molecule has 2 N–H and O–H groups in total. The van der Waals surface area contributed by atoms with Gasteiger partial charge in [-0.25, -0.2) is 8.42 Å². The van der Waals surface area contributed by atoms with E-state index in [1.807, 2.05) is 29.6 Å². The molecule has 0 radical (unpaired) electrons. The average Bonchev–Trinajstić information content (AvgIpc) is 2.82. The van der Waals surface area contributed by atoms with Gasteiger partial charge in [-0.05, 0) is 28.5 Å². The van der Waals surface area contributed by atoms with Crippen LogP contribution in [0.4, 0.5) is 5.69 Å². The van der Waals surface area contributed by atoms with Crippen LogP contribution in [0, 0.1) is 0 Å². The second-order valence-electron chi connectivity index (χ2n) is 4.43. The van der Waals surface area contributed by atoms with Crippen LogP contribution in [0.3, 0.4) is 0 Å². The maximum atomic E-state index is 12.5. The SMILES string of the molecule is Nc1cnccc1S(=O)(=O)Cc1csc2ccccc12. The topological polar surface area (TPSA) is 73.0 Å². The Balaban J connectivity index is 2.04. The van der Waals surface area contributed by atoms with Crippen LogP contribution in [0.5, 0.6) is 0 Å². The summed E-state index contributed by atoms with van der Waals surface area (Å²) in [6, 6.07) is 9.21. The van der Waals surface area contributed by atoms with Crippen molar-refractivity contribution in [1.82, 2.24) is 4.98 Å². The van der Waals surface area contributed by atoms with Crippen LogP contribution >= 0.6 is 11.3 Å². The fourth-order valence-electron chi connectivity index (χ4n) is 2.10. The van der Waals surface area contributed by atoms with E-state index < -0.39 is 9.84 Å². The van der Waals surface area contributed by atoms with E-state index in [-0.39, 0.29) is 16.3 Å². The molecule has 0 spiro atoms. The van der Waals surface area contributed by atoms with Crippen molar-refractivity contribution >= 4 is 36.9 Å². The second-order valence-corrected chi connectivity index (χ2v) is 7.30. The molecule has 0 saturated heterocycles. The van der Waals surface area contributed by atoms with Crippen molar-refractivity contribution in [2.24, 2.45) is 0 Å². The van der Waals surface area contributed by atoms with Crippen LogP contribution in [0.2, 0.25) is 0 Å². The number of fused-ring (bicyclic) bond motifs is 1. The summed E-state index contributed by atoms with van der Waals surface area (Å²) in [6.45, 7) is 0. The molecule has 2 aromatic heterocycles. The first-order valence-corrected chi connectivity index (χ1v) is 8.48. The van der Waals surface area contributed by atoms with Crippen molar-refractivity contribution < 1.29 is 8.42 Å². The Bertz CT molecular complexity index is 870. The zero-order valence-corrected chi connectivity index (χ0v) is 12.1. The van der Waals surface area contributed by atoms with Gasteiger partial charge in [-0.15, -0.1) is 11.3 Å². The predicted octanol–water partition coefficient (Wildman–Crippen LogP) is 2.85. The quantitative estimate of drug-likeness (QED) is 0.807. The predicted molar refractivity (Wildman–Crippen MR) is 81.4 cm³/mol. The van der Waals surface area contributed by atoms with E-state index in [0.29, 0.717) is 0 Å². The molecule has 0 unspecified atom stereocenters. The summed E-state index contributed by atoms with van der Waals surface area (Å²) >= 11 is 1.55. The Morgan fingerprint density at radius 1 is 1.20 bits per heavy atom. The van der Waals surface area contributed by atoms with Gasteiger partial charge in [0.1, 0.15) is 0 Å². The number of aromatic nitrogens is 1. The van der Waals surface area contributed by atoms with Gasteiger partial charge in [0, 0.05) is 10.9 Å². The van der Waals surface area contributed by atoms with E-state index in [1.165, 1.54) is 18.5 Å². The number of hydrogen-bond acceptors (Lipinski definition) is 5. The summed E-state index contributed by atoms with van der Waals surface area (Å²) < 4.78 is 26.0. The third kappa shape index (κ3) is 2.28. The second kappa shape index (κ2) is 4.88. The number of nitrogen functional groups attached to an aromatic ring is 1. The molecule has 0 bridgehead atoms. The average molecular weight is 304 g/mol. The highest BCUT2D eigenvalue weighted by molar-refractivity contribution is 7.90. The largest absolute Gasteiger partial charge is 0.396 e. The summed E-state index contributed by atoms with van der Waals surface area (Å²) in [4.78, 5) is 3.96. The fourth-order valence-corrected chi connectivity index (χ4v) is 4.66. The Kier molecular flexibility index (Phi) is 3.19. The molecule has 0 aliphatic carbocycles. The number of nitrogens with two attached hydrogens (primary N) is 1. The Morgan fingerprint density at radius 2 is 2.00 bits per heavy atom. The molecule has 0 fully saturated rings. The van der Waals surface area contributed by atoms with Gasteiger partial charge >= 0.3 is 0 Å². The van der Waals surface area contributed by atoms with Gasteiger partial charge in [-0.3, -0.25) is 4.98 Å². The summed E-state index contributed by atoms with van der Waals surface area (Å²) in [6.07, 6.45) is 2.80. The molecule has 0 amide bonds. The normalized spacial score (nSPS) is 11.8. The molecule has 3 aromatic rings. The molecular formula is C14H12N2O2S2. The lowest BCUT2D eigenvalue weighted by molar-refractivity contribution is 0.596. The molecule has 0 aliphatic heterocycles. The number of thiophene rings is 1. The monoisotopic (exact) mass is 304 g/mol. The number of benzene rings is 1. The maximum absolute atomic E-state index is 12.5. The van der Waals surface area contributed by atoms with Crippen LogP contribution in [-0.2, 0) is 15.6 Å². The number of sulfone groups is 1. The molecule has 1 aromatic carbocycles. The number of rotatable bonds is 3. The van der Waals surface area contributed by atoms with Gasteiger partial charge in [-0.1, -0.05) is 18.2 Å². The van der Waals surface area contributed by atoms with Crippen LogP contribution < -0.4 is 5.73 Å². The van der Waals surface area contributed by atoms with Gasteiger partial charge in [0.2, 0.25) is 0 Å². The van der Waals surface area contributed by atoms with E-state index in [1.54, 1.807) is 11.3 Å². The summed E-state index contributed by atoms with van der Waals surface area (Å²) in [5, 5.41) is 2.87. The standard InChI is InChI=1S/C14H12N2O2S2/c15-12-7-16-6-5-14(12)20(17,18)9-10-8-19-13-4-2-1-3-11(10)13/h1-8H,9,15H2. The smallest absolute Gasteiger partial charge is 0.184 e. The molecular weight excluding hydrogens is 292 g/mol. The molecule has 0 atom stereocenters. The number of nitrogens with zero attached hydrogens (tertiary/aromatic N) is 1. The number of pyridine rings is 1. The van der Waals surface area contributed by atoms with Crippen molar-refractivity contribution in [2.75, 3.05) is 5.73 Å². The maximum Gasteiger partial charge on any atom is 0.184 e. The molecule has 0 saturated carbocycles. The first-order chi connectivity index (χ1) is 9.58. The number of hydrogen-bond donors (Lipinski definition) is 1. The van der Waals surface area contributed by atoms with E-state index in [9.17, 15) is 8.42 Å². The lowest BCUT2D eigenvalue weighted by Gasteiger charge is -2.06. The van der Waals surface area contributed by atoms with Gasteiger partial charge in [-0.2, -0.15) is 0 Å². The molecule has 102 valence electrons. The number of anilines is 1. The molecule has 4 nitrogen and oxygen atoms in total. The molecule has 3 rings (SSSR count). The Labute approximate surface area is 120 Å². The lowest BCUT2D eigenvalue weighted by Crippen LogP contribution is -2.07. The minimum Gasteiger partial charge on any atom is -0.396 e. The van der Waals surface area contributed by atoms with Crippen LogP contribution in [0.15, 0.2) is 53.0 Å². The van der Waals surface area contributed by atoms with E-state index in [4.69, 9.17) is 5.73 Å². The first-order valence-electron chi connectivity index (χ1n) is 5.95. The highest BCUT2D eigenvalue weighted by atomic mass is 32.2. The third-order valence-electron chi connectivity index (χ3n) is 3.05. The summed E-state index contributed by atoms with van der Waals surface area (Å²) in [7, 11) is -3.46. The van der Waals surface area contributed by atoms with Crippen LogP contribution in [0.1, 0.15) is 5.56 Å². The minimum atomic E-state index is -3.46. The van der Waals surface area contributed by atoms with Crippen molar-refractivity contribution in [2.45, 2.75) is 10.6 Å². The molecule has 0 aliphatic rings. The van der Waals surface area contributed by atoms with Gasteiger partial charge in [0.05, 0.1) is 22.5 Å². The van der Waals surface area contributed by atoms with Crippen LogP contribution in [0.25, 0.3) is 10.1 Å². The van der Waals surface area contributed by atoms with Crippen molar-refractivity contribution in [3.8, 4) is 0 Å². The molecule has 20 heavy (non-hydrogen) atoms. The van der Waals surface area contributed by atoms with Gasteiger partial charge in [0.25, 0.3) is 0 Å². The summed E-state index contributed by atoms with van der Waals surface area (Å²) in [5.41, 5.74) is 6.70. The van der Waals surface area contributed by atoms with Crippen molar-refractivity contribution in [3.05, 3.63) is 53.7 Å². The lowest BCUT2D eigenvalue weighted by atomic mass is 10.2. The first kappa shape index (κ1) is 13.1. The summed E-state index contributed by atoms with van der Waals surface area (Å²) in [5.74, 6) is -0.0504. The zero-order valence-electron chi connectivity index (χ0n) is 10.5. The van der Waals surface area contributed by atoms with Gasteiger partial charge in [0.15, 0.2) is 9.84 Å². The van der Waals surface area contributed by atoms with Crippen LogP contribution in [-0.4, -0.2) is 13.4 Å². The fraction of sp³-hybridized carbons (Fsp3) is 0.0714. The van der Waals surface area contributed by atoms with Crippen molar-refractivity contribution in [1.29, 1.82) is 0 Å². The van der Waals surface area contributed by atoms with E-state index in [2.05, 4.69) is 4.98 Å². The zero-order chi connectivity index (χ0) is 14.2. The van der Waals surface area contributed by atoms with Gasteiger partial charge < -0.3 is 5.73 Å². The highest BCUT2D eigenvalue weighted by Gasteiger charge is 2.20. The minimum absolute atomic E-state index is 0.0504. The highest BCUT2D eigenvalue weighted by Crippen LogP contribution is 2.29. The Hall–Kier alpha value is -1.92. The molecule has 2 heterocycles. The Morgan fingerprint density at radius 3 is 2.80 bits per heavy atom. The third-order valence-corrected chi connectivity index (χ3v) is 5.80. The van der Waals surface area contributed by atoms with E-state index >= 15 is 0 Å².